The lowest BCUT2D eigenvalue weighted by atomic mass is 10.1. The molecular weight excluding hydrogens is 424 g/mol. The number of rotatable bonds is 6. The molecule has 1 amide bonds. The van der Waals surface area contributed by atoms with Gasteiger partial charge in [-0.2, -0.15) is 5.10 Å². The Labute approximate surface area is 187 Å². The van der Waals surface area contributed by atoms with Crippen LogP contribution >= 0.6 is 11.3 Å². The number of nitrogens with one attached hydrogen (secondary N) is 1. The first-order chi connectivity index (χ1) is 15.7. The van der Waals surface area contributed by atoms with Gasteiger partial charge in [-0.05, 0) is 42.6 Å². The first kappa shape index (κ1) is 19.8. The van der Waals surface area contributed by atoms with Crippen LogP contribution < -0.4 is 10.1 Å². The SMILES string of the molecule is Cc1cc(C(=O)Nc2ccc(Oc3cccnc3)nc2)c2cnn(Cc3cccs3)c2n1. The maximum atomic E-state index is 13.0. The van der Waals surface area contributed by atoms with Gasteiger partial charge in [0.15, 0.2) is 5.65 Å². The Morgan fingerprint density at radius 1 is 1.16 bits per heavy atom. The molecule has 8 nitrogen and oxygen atoms in total. The van der Waals surface area contributed by atoms with E-state index >= 15 is 0 Å². The van der Waals surface area contributed by atoms with Crippen molar-refractivity contribution in [2.45, 2.75) is 13.5 Å². The van der Waals surface area contributed by atoms with Gasteiger partial charge in [0, 0.05) is 22.8 Å². The van der Waals surface area contributed by atoms with Crippen LogP contribution in [0.3, 0.4) is 0 Å². The van der Waals surface area contributed by atoms with E-state index in [-0.39, 0.29) is 5.91 Å². The van der Waals surface area contributed by atoms with Gasteiger partial charge in [-0.3, -0.25) is 9.78 Å². The van der Waals surface area contributed by atoms with Crippen molar-refractivity contribution >= 4 is 34.0 Å². The molecule has 9 heteroatoms. The van der Waals surface area contributed by atoms with Crippen molar-refractivity contribution in [3.8, 4) is 11.6 Å². The summed E-state index contributed by atoms with van der Waals surface area (Å²) in [7, 11) is 0. The summed E-state index contributed by atoms with van der Waals surface area (Å²) in [6.07, 6.45) is 6.51. The Morgan fingerprint density at radius 3 is 2.84 bits per heavy atom. The summed E-state index contributed by atoms with van der Waals surface area (Å²) in [5, 5.41) is 10.1. The van der Waals surface area contributed by atoms with Crippen LogP contribution in [0.25, 0.3) is 11.0 Å². The van der Waals surface area contributed by atoms with E-state index in [9.17, 15) is 4.79 Å². The van der Waals surface area contributed by atoms with Gasteiger partial charge in [-0.25, -0.2) is 14.6 Å². The van der Waals surface area contributed by atoms with Crippen LogP contribution in [0.2, 0.25) is 0 Å². The van der Waals surface area contributed by atoms with Crippen molar-refractivity contribution in [1.29, 1.82) is 0 Å². The molecule has 5 aromatic rings. The summed E-state index contributed by atoms with van der Waals surface area (Å²) < 4.78 is 7.45. The molecule has 5 heterocycles. The number of nitrogens with zero attached hydrogens (tertiary/aromatic N) is 5. The van der Waals surface area contributed by atoms with Crippen molar-refractivity contribution < 1.29 is 9.53 Å². The van der Waals surface area contributed by atoms with Crippen molar-refractivity contribution in [1.82, 2.24) is 24.7 Å². The van der Waals surface area contributed by atoms with Crippen LogP contribution in [0.1, 0.15) is 20.9 Å². The zero-order valence-corrected chi connectivity index (χ0v) is 17.9. The van der Waals surface area contributed by atoms with E-state index in [1.165, 1.54) is 4.88 Å². The number of carbonyl (C=O) groups excluding carboxylic acids is 1. The highest BCUT2D eigenvalue weighted by Crippen LogP contribution is 2.23. The Balaban J connectivity index is 1.36. The Hall–Kier alpha value is -4.11. The van der Waals surface area contributed by atoms with E-state index in [4.69, 9.17) is 4.74 Å². The second-order valence-corrected chi connectivity index (χ2v) is 8.09. The van der Waals surface area contributed by atoms with Crippen molar-refractivity contribution in [2.24, 2.45) is 0 Å². The maximum absolute atomic E-state index is 13.0. The number of aromatic nitrogens is 5. The molecule has 0 spiro atoms. The quantitative estimate of drug-likeness (QED) is 0.410. The van der Waals surface area contributed by atoms with Gasteiger partial charge < -0.3 is 10.1 Å². The lowest BCUT2D eigenvalue weighted by molar-refractivity contribution is 0.102. The largest absolute Gasteiger partial charge is 0.437 e. The normalized spacial score (nSPS) is 10.9. The number of aryl methyl sites for hydroxylation is 1. The molecule has 0 atom stereocenters. The maximum Gasteiger partial charge on any atom is 0.256 e. The molecule has 0 saturated heterocycles. The van der Waals surface area contributed by atoms with Gasteiger partial charge in [0.05, 0.1) is 41.8 Å². The zero-order chi connectivity index (χ0) is 21.9. The molecule has 0 radical (unpaired) electrons. The van der Waals surface area contributed by atoms with Gasteiger partial charge in [0.1, 0.15) is 5.75 Å². The molecule has 0 saturated carbocycles. The van der Waals surface area contributed by atoms with Gasteiger partial charge >= 0.3 is 0 Å². The molecule has 0 bridgehead atoms. The van der Waals surface area contributed by atoms with Crippen molar-refractivity contribution in [2.75, 3.05) is 5.32 Å². The second kappa shape index (κ2) is 8.56. The Bertz CT molecular complexity index is 1370. The van der Waals surface area contributed by atoms with Crippen LogP contribution in [0.15, 0.2) is 72.6 Å². The summed E-state index contributed by atoms with van der Waals surface area (Å²) in [5.74, 6) is 0.748. The van der Waals surface area contributed by atoms with Gasteiger partial charge in [0.25, 0.3) is 5.91 Å². The molecule has 1 N–H and O–H groups in total. The minimum atomic E-state index is -0.251. The van der Waals surface area contributed by atoms with Crippen LogP contribution in [-0.2, 0) is 6.54 Å². The standard InChI is InChI=1S/C23H18N6O2S/c1-15-10-19(20-13-26-29(22(20)27-15)14-18-5-3-9-32-18)23(30)28-16-6-7-21(25-11-16)31-17-4-2-8-24-12-17/h2-13H,14H2,1H3,(H,28,30). The van der Waals surface area contributed by atoms with Crippen LogP contribution in [-0.4, -0.2) is 30.6 Å². The molecule has 0 aliphatic carbocycles. The van der Waals surface area contributed by atoms with Crippen molar-refractivity contribution in [3.63, 3.8) is 0 Å². The highest BCUT2D eigenvalue weighted by Gasteiger charge is 2.16. The van der Waals surface area contributed by atoms with Gasteiger partial charge in [-0.15, -0.1) is 11.3 Å². The minimum absolute atomic E-state index is 0.251. The first-order valence-electron chi connectivity index (χ1n) is 9.86. The number of pyridine rings is 3. The van der Waals surface area contributed by atoms with E-state index in [1.807, 2.05) is 23.1 Å². The predicted molar refractivity (Wildman–Crippen MR) is 122 cm³/mol. The lowest BCUT2D eigenvalue weighted by Gasteiger charge is -2.09. The third kappa shape index (κ3) is 4.19. The fourth-order valence-corrected chi connectivity index (χ4v) is 3.95. The van der Waals surface area contributed by atoms with Crippen LogP contribution in [0, 0.1) is 6.92 Å². The number of amides is 1. The Morgan fingerprint density at radius 2 is 2.09 bits per heavy atom. The van der Waals surface area contributed by atoms with Gasteiger partial charge in [-0.1, -0.05) is 6.07 Å². The number of hydrogen-bond acceptors (Lipinski definition) is 7. The fraction of sp³-hybridized carbons (Fsp3) is 0.0870. The third-order valence-corrected chi connectivity index (χ3v) is 5.58. The summed E-state index contributed by atoms with van der Waals surface area (Å²) in [6.45, 7) is 2.48. The molecule has 0 aromatic carbocycles. The van der Waals surface area contributed by atoms with Crippen LogP contribution in [0.4, 0.5) is 5.69 Å². The predicted octanol–water partition coefficient (Wildman–Crippen LogP) is 4.68. The highest BCUT2D eigenvalue weighted by molar-refractivity contribution is 7.09. The summed E-state index contributed by atoms with van der Waals surface area (Å²) in [6, 6.07) is 12.8. The van der Waals surface area contributed by atoms with Crippen molar-refractivity contribution in [3.05, 3.63) is 88.8 Å². The topological polar surface area (TPSA) is 94.8 Å². The molecule has 32 heavy (non-hydrogen) atoms. The number of hydrogen-bond donors (Lipinski definition) is 1. The number of carbonyl (C=O) groups is 1. The summed E-state index contributed by atoms with van der Waals surface area (Å²) in [5.41, 5.74) is 2.50. The monoisotopic (exact) mass is 442 g/mol. The molecule has 5 rings (SSSR count). The van der Waals surface area contributed by atoms with E-state index in [2.05, 4.69) is 31.4 Å². The molecule has 158 valence electrons. The molecule has 0 fully saturated rings. The first-order valence-corrected chi connectivity index (χ1v) is 10.7. The van der Waals surface area contributed by atoms with E-state index in [1.54, 1.807) is 66.5 Å². The van der Waals surface area contributed by atoms with Crippen LogP contribution in [0.5, 0.6) is 11.6 Å². The third-order valence-electron chi connectivity index (χ3n) is 4.72. The minimum Gasteiger partial charge on any atom is -0.437 e. The lowest BCUT2D eigenvalue weighted by Crippen LogP contribution is -2.13. The summed E-state index contributed by atoms with van der Waals surface area (Å²) in [4.78, 5) is 27.1. The fourth-order valence-electron chi connectivity index (χ4n) is 3.27. The van der Waals surface area contributed by atoms with E-state index < -0.39 is 0 Å². The van der Waals surface area contributed by atoms with E-state index in [0.29, 0.717) is 40.5 Å². The smallest absolute Gasteiger partial charge is 0.256 e. The molecular formula is C23H18N6O2S. The average molecular weight is 443 g/mol. The summed E-state index contributed by atoms with van der Waals surface area (Å²) >= 11 is 1.66. The number of thiophene rings is 1. The highest BCUT2D eigenvalue weighted by atomic mass is 32.1. The Kier molecular flexibility index (Phi) is 5.30. The zero-order valence-electron chi connectivity index (χ0n) is 17.1. The number of ether oxygens (including phenoxy) is 1. The molecule has 5 aromatic heterocycles. The van der Waals surface area contributed by atoms with Gasteiger partial charge in [0.2, 0.25) is 5.88 Å². The van der Waals surface area contributed by atoms with E-state index in [0.717, 1.165) is 5.69 Å². The number of fused-ring (bicyclic) bond motifs is 1. The number of anilines is 1. The molecule has 0 aliphatic rings. The molecule has 0 unspecified atom stereocenters. The second-order valence-electron chi connectivity index (χ2n) is 7.06. The average Bonchev–Trinajstić information content (AvgIpc) is 3.46. The molecule has 0 aliphatic heterocycles.